The van der Waals surface area contributed by atoms with E-state index in [-0.39, 0.29) is 11.1 Å². The van der Waals surface area contributed by atoms with Crippen LogP contribution in [0.3, 0.4) is 0 Å². The number of hydrogen-bond donors (Lipinski definition) is 1. The minimum Gasteiger partial charge on any atom is -0.396 e. The number of nitrogens with zero attached hydrogens (tertiary/aromatic N) is 1. The molecular weight excluding hydrogens is 174 g/mol. The van der Waals surface area contributed by atoms with E-state index in [4.69, 9.17) is 0 Å². The van der Waals surface area contributed by atoms with Crippen LogP contribution in [0, 0.1) is 5.92 Å². The third kappa shape index (κ3) is 2.48. The molecule has 0 aromatic carbocycles. The summed E-state index contributed by atoms with van der Waals surface area (Å²) in [5.74, 6) is 0.474. The molecule has 0 aromatic rings. The van der Waals surface area contributed by atoms with E-state index in [1.807, 2.05) is 0 Å². The van der Waals surface area contributed by atoms with Crippen molar-refractivity contribution in [1.29, 1.82) is 0 Å². The lowest BCUT2D eigenvalue weighted by molar-refractivity contribution is -0.0355. The summed E-state index contributed by atoms with van der Waals surface area (Å²) in [6.07, 6.45) is 2.35. The van der Waals surface area contributed by atoms with Gasteiger partial charge in [0, 0.05) is 24.2 Å². The number of likely N-dealkylation sites (tertiary alicyclic amines) is 1. The molecule has 1 atom stereocenters. The van der Waals surface area contributed by atoms with E-state index in [2.05, 4.69) is 39.5 Å². The molecule has 0 aliphatic carbocycles. The minimum absolute atomic E-state index is 0.206. The number of aliphatic hydroxyl groups excluding tert-OH is 1. The summed E-state index contributed by atoms with van der Waals surface area (Å²) in [6.45, 7) is 12.8. The van der Waals surface area contributed by atoms with Crippen molar-refractivity contribution in [2.45, 2.75) is 58.5 Å². The normalized spacial score (nSPS) is 29.1. The number of hydrogen-bond acceptors (Lipinski definition) is 2. The first-order valence-electron chi connectivity index (χ1n) is 5.66. The van der Waals surface area contributed by atoms with Gasteiger partial charge in [-0.1, -0.05) is 0 Å². The highest BCUT2D eigenvalue weighted by molar-refractivity contribution is 4.94. The van der Waals surface area contributed by atoms with Crippen LogP contribution in [0.5, 0.6) is 0 Å². The fraction of sp³-hybridized carbons (Fsp3) is 1.00. The molecule has 1 saturated heterocycles. The first-order valence-corrected chi connectivity index (χ1v) is 5.66. The maximum Gasteiger partial charge on any atom is 0.0471 e. The molecule has 1 aliphatic rings. The molecule has 0 radical (unpaired) electrons. The highest BCUT2D eigenvalue weighted by Gasteiger charge is 2.39. The van der Waals surface area contributed by atoms with Crippen LogP contribution in [0.2, 0.25) is 0 Å². The fourth-order valence-electron chi connectivity index (χ4n) is 2.62. The summed E-state index contributed by atoms with van der Waals surface area (Å²) in [7, 11) is 0. The third-order valence-corrected chi connectivity index (χ3v) is 3.40. The second kappa shape index (κ2) is 3.82. The maximum absolute atomic E-state index is 9.22. The van der Waals surface area contributed by atoms with Gasteiger partial charge in [0.05, 0.1) is 0 Å². The van der Waals surface area contributed by atoms with Crippen LogP contribution < -0.4 is 0 Å². The van der Waals surface area contributed by atoms with Gasteiger partial charge in [0.15, 0.2) is 0 Å². The standard InChI is InChI=1S/C12H25NO/c1-11(2,3)13-8-10(9-14)6-7-12(13,4)5/h10,14H,6-9H2,1-5H3. The lowest BCUT2D eigenvalue weighted by atomic mass is 9.81. The molecule has 1 N–H and O–H groups in total. The van der Waals surface area contributed by atoms with Crippen molar-refractivity contribution in [3.05, 3.63) is 0 Å². The van der Waals surface area contributed by atoms with Gasteiger partial charge in [-0.15, -0.1) is 0 Å². The Hall–Kier alpha value is -0.0800. The predicted molar refractivity (Wildman–Crippen MR) is 60.3 cm³/mol. The topological polar surface area (TPSA) is 23.5 Å². The number of aliphatic hydroxyl groups is 1. The quantitative estimate of drug-likeness (QED) is 0.700. The fourth-order valence-corrected chi connectivity index (χ4v) is 2.62. The third-order valence-electron chi connectivity index (χ3n) is 3.40. The Balaban J connectivity index is 2.77. The summed E-state index contributed by atoms with van der Waals surface area (Å²) < 4.78 is 0. The SMILES string of the molecule is CC(C)(C)N1CC(CO)CCC1(C)C. The van der Waals surface area contributed by atoms with Gasteiger partial charge in [0.25, 0.3) is 0 Å². The van der Waals surface area contributed by atoms with Crippen LogP contribution in [0.25, 0.3) is 0 Å². The molecule has 2 nitrogen and oxygen atoms in total. The lowest BCUT2D eigenvalue weighted by Crippen LogP contribution is -2.58. The van der Waals surface area contributed by atoms with Crippen LogP contribution in [-0.2, 0) is 0 Å². The van der Waals surface area contributed by atoms with Gasteiger partial charge in [-0.05, 0) is 53.4 Å². The molecular formula is C12H25NO. The second-order valence-electron chi connectivity index (χ2n) is 6.18. The minimum atomic E-state index is 0.206. The molecule has 1 aliphatic heterocycles. The van der Waals surface area contributed by atoms with Crippen LogP contribution in [0.4, 0.5) is 0 Å². The van der Waals surface area contributed by atoms with Gasteiger partial charge in [-0.2, -0.15) is 0 Å². The van der Waals surface area contributed by atoms with Crippen molar-refractivity contribution < 1.29 is 5.11 Å². The summed E-state index contributed by atoms with van der Waals surface area (Å²) in [5, 5.41) is 9.22. The molecule has 1 rings (SSSR count). The molecule has 84 valence electrons. The second-order valence-corrected chi connectivity index (χ2v) is 6.18. The Labute approximate surface area is 88.3 Å². The Morgan fingerprint density at radius 1 is 1.36 bits per heavy atom. The van der Waals surface area contributed by atoms with Crippen LogP contribution in [0.1, 0.15) is 47.5 Å². The highest BCUT2D eigenvalue weighted by Crippen LogP contribution is 2.35. The predicted octanol–water partition coefficient (Wildman–Crippen LogP) is 2.27. The zero-order chi connectivity index (χ0) is 11.0. The Kier molecular flexibility index (Phi) is 3.27. The molecule has 0 saturated carbocycles. The van der Waals surface area contributed by atoms with E-state index in [0.29, 0.717) is 12.5 Å². The van der Waals surface area contributed by atoms with E-state index in [1.165, 1.54) is 6.42 Å². The van der Waals surface area contributed by atoms with E-state index in [9.17, 15) is 5.11 Å². The van der Waals surface area contributed by atoms with Gasteiger partial charge < -0.3 is 5.11 Å². The Morgan fingerprint density at radius 3 is 2.36 bits per heavy atom. The van der Waals surface area contributed by atoms with Crippen molar-refractivity contribution in [3.63, 3.8) is 0 Å². The van der Waals surface area contributed by atoms with Crippen molar-refractivity contribution in [2.24, 2.45) is 5.92 Å². The van der Waals surface area contributed by atoms with E-state index < -0.39 is 0 Å². The van der Waals surface area contributed by atoms with Gasteiger partial charge in [0.1, 0.15) is 0 Å². The van der Waals surface area contributed by atoms with Gasteiger partial charge in [-0.25, -0.2) is 0 Å². The average molecular weight is 199 g/mol. The van der Waals surface area contributed by atoms with Crippen molar-refractivity contribution in [3.8, 4) is 0 Å². The first-order chi connectivity index (χ1) is 6.27. The maximum atomic E-state index is 9.22. The van der Waals surface area contributed by atoms with Crippen LogP contribution >= 0.6 is 0 Å². The molecule has 0 spiro atoms. The zero-order valence-corrected chi connectivity index (χ0v) is 10.3. The smallest absolute Gasteiger partial charge is 0.0471 e. The van der Waals surface area contributed by atoms with Gasteiger partial charge in [-0.3, -0.25) is 4.90 Å². The lowest BCUT2D eigenvalue weighted by Gasteiger charge is -2.52. The summed E-state index contributed by atoms with van der Waals surface area (Å²) in [5.41, 5.74) is 0.487. The monoisotopic (exact) mass is 199 g/mol. The molecule has 0 amide bonds. The van der Waals surface area contributed by atoms with Crippen molar-refractivity contribution >= 4 is 0 Å². The van der Waals surface area contributed by atoms with E-state index in [1.54, 1.807) is 0 Å². The molecule has 1 unspecified atom stereocenters. The molecule has 2 heteroatoms. The Bertz CT molecular complexity index is 193. The Morgan fingerprint density at radius 2 is 1.93 bits per heavy atom. The largest absolute Gasteiger partial charge is 0.396 e. The molecule has 14 heavy (non-hydrogen) atoms. The first kappa shape index (κ1) is 12.0. The molecule has 0 aromatic heterocycles. The molecule has 0 bridgehead atoms. The average Bonchev–Trinajstić information content (AvgIpc) is 2.01. The highest BCUT2D eigenvalue weighted by atomic mass is 16.3. The van der Waals surface area contributed by atoms with Crippen molar-refractivity contribution in [2.75, 3.05) is 13.2 Å². The summed E-state index contributed by atoms with van der Waals surface area (Å²) in [4.78, 5) is 2.53. The molecule has 1 heterocycles. The van der Waals surface area contributed by atoms with Gasteiger partial charge >= 0.3 is 0 Å². The van der Waals surface area contributed by atoms with Crippen molar-refractivity contribution in [1.82, 2.24) is 4.90 Å². The van der Waals surface area contributed by atoms with E-state index >= 15 is 0 Å². The van der Waals surface area contributed by atoms with Crippen LogP contribution in [-0.4, -0.2) is 34.2 Å². The zero-order valence-electron chi connectivity index (χ0n) is 10.3. The summed E-state index contributed by atoms with van der Waals surface area (Å²) in [6, 6.07) is 0. The molecule has 1 fully saturated rings. The van der Waals surface area contributed by atoms with E-state index in [0.717, 1.165) is 13.0 Å². The van der Waals surface area contributed by atoms with Gasteiger partial charge in [0.2, 0.25) is 0 Å². The summed E-state index contributed by atoms with van der Waals surface area (Å²) >= 11 is 0. The number of rotatable bonds is 1. The van der Waals surface area contributed by atoms with Crippen LogP contribution in [0.15, 0.2) is 0 Å². The number of piperidine rings is 1.